The number of hydrogen-bond acceptors (Lipinski definition) is 1. The molecule has 0 aliphatic carbocycles. The van der Waals surface area contributed by atoms with Gasteiger partial charge in [0.25, 0.3) is 0 Å². The molecule has 0 atom stereocenters. The maximum absolute atomic E-state index is 7.92. The van der Waals surface area contributed by atoms with Crippen LogP contribution in [-0.4, -0.2) is 9.55 Å². The standard InChI is InChI=1S/C10H9BrN2/c1-8-2-4-9(5-3-8)13-6-10(11)12-7-13/h2-7H,1H3/i1D3,2D,3D,4D,5D,6D,7D. The Hall–Kier alpha value is -1.09. The highest BCUT2D eigenvalue weighted by Gasteiger charge is 1.96. The summed E-state index contributed by atoms with van der Waals surface area (Å²) in [5.41, 5.74) is -1.07. The van der Waals surface area contributed by atoms with Gasteiger partial charge in [-0.2, -0.15) is 0 Å². The van der Waals surface area contributed by atoms with E-state index in [1.807, 2.05) is 0 Å². The first kappa shape index (κ1) is 2.95. The van der Waals surface area contributed by atoms with Crippen molar-refractivity contribution in [1.29, 1.82) is 0 Å². The van der Waals surface area contributed by atoms with Crippen LogP contribution in [0.4, 0.5) is 0 Å². The van der Waals surface area contributed by atoms with Crippen molar-refractivity contribution in [1.82, 2.24) is 9.55 Å². The van der Waals surface area contributed by atoms with E-state index in [0.717, 1.165) is 4.57 Å². The molecule has 0 unspecified atom stereocenters. The Kier molecular flexibility index (Phi) is 0.759. The predicted octanol–water partition coefficient (Wildman–Crippen LogP) is 2.94. The Labute approximate surface area is 98.0 Å². The van der Waals surface area contributed by atoms with Gasteiger partial charge in [0.15, 0.2) is 0 Å². The number of hydrogen-bond donors (Lipinski definition) is 0. The number of imidazole rings is 1. The van der Waals surface area contributed by atoms with Crippen LogP contribution < -0.4 is 0 Å². The van der Waals surface area contributed by atoms with Gasteiger partial charge in [0.05, 0.1) is 6.85 Å². The van der Waals surface area contributed by atoms with E-state index in [1.165, 1.54) is 0 Å². The van der Waals surface area contributed by atoms with Gasteiger partial charge < -0.3 is 4.57 Å². The van der Waals surface area contributed by atoms with Crippen LogP contribution in [0.1, 0.15) is 17.9 Å². The Bertz CT molecular complexity index is 736. The largest absolute Gasteiger partial charge is 0.305 e. The summed E-state index contributed by atoms with van der Waals surface area (Å²) in [6.45, 7) is -2.80. The quantitative estimate of drug-likeness (QED) is 0.756. The summed E-state index contributed by atoms with van der Waals surface area (Å²) in [5, 5.41) is 0. The molecule has 0 saturated heterocycles. The first-order valence-electron chi connectivity index (χ1n) is 7.81. The summed E-state index contributed by atoms with van der Waals surface area (Å²) in [5.74, 6) is 0. The lowest BCUT2D eigenvalue weighted by Crippen LogP contribution is -1.88. The molecule has 13 heavy (non-hydrogen) atoms. The van der Waals surface area contributed by atoms with Crippen molar-refractivity contribution in [2.24, 2.45) is 0 Å². The van der Waals surface area contributed by atoms with E-state index in [9.17, 15) is 0 Å². The fourth-order valence-corrected chi connectivity index (χ4v) is 1.02. The van der Waals surface area contributed by atoms with E-state index in [1.54, 1.807) is 0 Å². The predicted molar refractivity (Wildman–Crippen MR) is 56.0 cm³/mol. The molecule has 0 amide bonds. The molecular formula is C10H9BrN2. The number of rotatable bonds is 1. The zero-order chi connectivity index (χ0) is 17.0. The van der Waals surface area contributed by atoms with Crippen LogP contribution in [0.25, 0.3) is 5.69 Å². The summed E-state index contributed by atoms with van der Waals surface area (Å²) in [6, 6.07) is -2.72. The average Bonchev–Trinajstić information content (AvgIpc) is 2.62. The fourth-order valence-electron chi connectivity index (χ4n) is 0.760. The van der Waals surface area contributed by atoms with Gasteiger partial charge in [-0.05, 0) is 34.9 Å². The molecule has 0 spiro atoms. The van der Waals surface area contributed by atoms with Gasteiger partial charge in [0, 0.05) is 16.0 Å². The summed E-state index contributed by atoms with van der Waals surface area (Å²) >= 11 is 2.95. The Balaban J connectivity index is 2.92. The van der Waals surface area contributed by atoms with E-state index in [2.05, 4.69) is 20.9 Å². The lowest BCUT2D eigenvalue weighted by Gasteiger charge is -2.00. The molecule has 0 radical (unpaired) electrons. The zero-order valence-electron chi connectivity index (χ0n) is 15.3. The molecule has 1 aromatic carbocycles. The number of aromatic nitrogens is 2. The van der Waals surface area contributed by atoms with Gasteiger partial charge in [0.2, 0.25) is 0 Å². The molecular weight excluding hydrogens is 228 g/mol. The van der Waals surface area contributed by atoms with Crippen LogP contribution in [0.2, 0.25) is 0 Å². The zero-order valence-corrected chi connectivity index (χ0v) is 7.86. The molecule has 2 aromatic rings. The molecule has 0 saturated carbocycles. The van der Waals surface area contributed by atoms with E-state index >= 15 is 0 Å². The third-order valence-corrected chi connectivity index (χ3v) is 1.64. The second kappa shape index (κ2) is 3.34. The van der Waals surface area contributed by atoms with Gasteiger partial charge in [-0.25, -0.2) is 4.98 Å². The highest BCUT2D eigenvalue weighted by Crippen LogP contribution is 2.12. The highest BCUT2D eigenvalue weighted by atomic mass is 79.9. The minimum atomic E-state index is -2.80. The minimum Gasteiger partial charge on any atom is -0.305 e. The van der Waals surface area contributed by atoms with E-state index in [0.29, 0.717) is 0 Å². The Morgan fingerprint density at radius 3 is 2.77 bits per heavy atom. The third kappa shape index (κ3) is 1.80. The van der Waals surface area contributed by atoms with Crippen LogP contribution in [0.15, 0.2) is 41.2 Å². The van der Waals surface area contributed by atoms with Crippen molar-refractivity contribution in [2.45, 2.75) is 6.85 Å². The van der Waals surface area contributed by atoms with Crippen molar-refractivity contribution in [3.05, 3.63) is 46.8 Å². The molecule has 0 N–H and O–H groups in total. The smallest absolute Gasteiger partial charge is 0.124 e. The second-order valence-corrected chi connectivity index (χ2v) is 2.92. The van der Waals surface area contributed by atoms with Gasteiger partial charge in [-0.3, -0.25) is 0 Å². The molecule has 3 heteroatoms. The van der Waals surface area contributed by atoms with Crippen LogP contribution >= 0.6 is 15.9 Å². The van der Waals surface area contributed by atoms with Crippen molar-refractivity contribution in [3.63, 3.8) is 0 Å². The summed E-state index contributed by atoms with van der Waals surface area (Å²) < 4.78 is 69.8. The van der Waals surface area contributed by atoms with Crippen LogP contribution in [0, 0.1) is 6.85 Å². The topological polar surface area (TPSA) is 17.8 Å². The van der Waals surface area contributed by atoms with Gasteiger partial charge >= 0.3 is 0 Å². The van der Waals surface area contributed by atoms with E-state index < -0.39 is 42.9 Å². The number of nitrogens with zero attached hydrogens (tertiary/aromatic N) is 2. The van der Waals surface area contributed by atoms with Crippen LogP contribution in [0.3, 0.4) is 0 Å². The molecule has 0 fully saturated rings. The molecule has 2 rings (SSSR count). The monoisotopic (exact) mass is 245 g/mol. The van der Waals surface area contributed by atoms with Crippen molar-refractivity contribution < 1.29 is 12.3 Å². The lowest BCUT2D eigenvalue weighted by molar-refractivity contribution is 1.05. The summed E-state index contributed by atoms with van der Waals surface area (Å²) in [6.07, 6.45) is -0.785. The van der Waals surface area contributed by atoms with Gasteiger partial charge in [-0.1, -0.05) is 17.6 Å². The third-order valence-electron chi connectivity index (χ3n) is 1.29. The molecule has 2 nitrogen and oxygen atoms in total. The first-order valence-corrected chi connectivity index (χ1v) is 4.10. The maximum Gasteiger partial charge on any atom is 0.124 e. The highest BCUT2D eigenvalue weighted by molar-refractivity contribution is 9.10. The van der Waals surface area contributed by atoms with E-state index in [-0.39, 0.29) is 16.5 Å². The maximum atomic E-state index is 7.92. The number of benzene rings is 1. The van der Waals surface area contributed by atoms with Crippen LogP contribution in [0.5, 0.6) is 0 Å². The fraction of sp³-hybridized carbons (Fsp3) is 0.100. The summed E-state index contributed by atoms with van der Waals surface area (Å²) in [4.78, 5) is 3.66. The van der Waals surface area contributed by atoms with Crippen molar-refractivity contribution >= 4 is 15.9 Å². The van der Waals surface area contributed by atoms with Gasteiger partial charge in [-0.15, -0.1) is 0 Å². The second-order valence-electron chi connectivity index (χ2n) is 2.17. The Morgan fingerprint density at radius 2 is 2.23 bits per heavy atom. The molecule has 0 bridgehead atoms. The number of halogens is 1. The van der Waals surface area contributed by atoms with Crippen molar-refractivity contribution in [3.8, 4) is 5.69 Å². The molecule has 66 valence electrons. The van der Waals surface area contributed by atoms with Crippen molar-refractivity contribution in [2.75, 3.05) is 0 Å². The average molecular weight is 246 g/mol. The first-order chi connectivity index (χ1) is 9.98. The normalized spacial score (nSPS) is 21.2. The molecule has 0 aliphatic rings. The van der Waals surface area contributed by atoms with Gasteiger partial charge in [0.1, 0.15) is 12.3 Å². The minimum absolute atomic E-state index is 0.00857. The molecule has 1 aromatic heterocycles. The lowest BCUT2D eigenvalue weighted by atomic mass is 10.2. The molecule has 1 heterocycles. The molecule has 0 aliphatic heterocycles. The summed E-state index contributed by atoms with van der Waals surface area (Å²) in [7, 11) is 0. The van der Waals surface area contributed by atoms with Crippen LogP contribution in [-0.2, 0) is 0 Å². The Morgan fingerprint density at radius 1 is 1.46 bits per heavy atom. The van der Waals surface area contributed by atoms with E-state index in [4.69, 9.17) is 12.3 Å². The SMILES string of the molecule is [2H]c1c([2H])c(C([2H])([2H])[2H])c([2H])c([2H])c1-n1c([2H])nc(Br)c1[2H].